The molecule has 4 rings (SSSR count). The lowest BCUT2D eigenvalue weighted by molar-refractivity contribution is -0.135. The largest absolute Gasteiger partial charge is 0.361 e. The molecule has 3 amide bonds. The summed E-state index contributed by atoms with van der Waals surface area (Å²) in [7, 11) is 0. The first kappa shape index (κ1) is 16.9. The number of nitrogens with zero attached hydrogens (tertiary/aromatic N) is 3. The second-order valence-electron chi connectivity index (χ2n) is 8.97. The van der Waals surface area contributed by atoms with Crippen molar-refractivity contribution in [3.05, 3.63) is 48.2 Å². The van der Waals surface area contributed by atoms with E-state index in [1.807, 2.05) is 18.2 Å². The monoisotopic (exact) mass is 457 g/mol. The Balaban J connectivity index is 1.57. The number of aromatic amines is 1. The second-order valence-corrected chi connectivity index (χ2v) is 8.97. The van der Waals surface area contributed by atoms with Crippen LogP contribution in [0.25, 0.3) is 10.9 Å². The Morgan fingerprint density at radius 3 is 2.97 bits per heavy atom. The zero-order valence-corrected chi connectivity index (χ0v) is 19.1. The number of amides is 3. The fourth-order valence-electron chi connectivity index (χ4n) is 5.52. The number of carbonyl (C=O) groups excluding carboxylic acids is 2. The van der Waals surface area contributed by atoms with E-state index < -0.39 is 25.9 Å². The molecule has 178 valence electrons. The van der Waals surface area contributed by atoms with Crippen molar-refractivity contribution in [3.63, 3.8) is 0 Å². The summed E-state index contributed by atoms with van der Waals surface area (Å²) in [6.07, 6.45) is 5.34. The molecule has 1 aliphatic carbocycles. The maximum Gasteiger partial charge on any atom is 0.324 e. The van der Waals surface area contributed by atoms with Gasteiger partial charge in [0, 0.05) is 63.5 Å². The maximum absolute atomic E-state index is 13.9. The molecule has 0 radical (unpaired) electrons. The average Bonchev–Trinajstić information content (AvgIpc) is 3.27. The summed E-state index contributed by atoms with van der Waals surface area (Å²) < 4.78 is 45.5. The number of piperidine rings is 1. The van der Waals surface area contributed by atoms with Gasteiger partial charge in [0.05, 0.1) is 5.92 Å². The lowest BCUT2D eigenvalue weighted by atomic mass is 9.72. The van der Waals surface area contributed by atoms with Gasteiger partial charge in [0.2, 0.25) is 5.91 Å². The van der Waals surface area contributed by atoms with Gasteiger partial charge in [-0.1, -0.05) is 18.2 Å². The van der Waals surface area contributed by atoms with Gasteiger partial charge in [-0.25, -0.2) is 4.79 Å². The van der Waals surface area contributed by atoms with Crippen LogP contribution in [-0.4, -0.2) is 84.3 Å². The Bertz CT molecular complexity index is 1200. The molecule has 7 nitrogen and oxygen atoms in total. The van der Waals surface area contributed by atoms with Gasteiger partial charge in [-0.15, -0.1) is 6.58 Å². The number of imide groups is 1. The minimum absolute atomic E-state index is 0.0147. The zero-order valence-electron chi connectivity index (χ0n) is 25.1. The van der Waals surface area contributed by atoms with Gasteiger partial charge in [-0.3, -0.25) is 14.6 Å². The number of fused-ring (bicyclic) bond motifs is 2. The van der Waals surface area contributed by atoms with E-state index in [4.69, 9.17) is 8.22 Å². The molecule has 0 saturated carbocycles. The van der Waals surface area contributed by atoms with E-state index in [1.165, 1.54) is 16.5 Å². The molecule has 2 aromatic rings. The first-order valence-electron chi connectivity index (χ1n) is 14.7. The fraction of sp³-hybridized carbons (Fsp3) is 0.538. The molecule has 1 aliphatic heterocycles. The van der Waals surface area contributed by atoms with Crippen LogP contribution in [0.4, 0.5) is 4.79 Å². The number of nitrogens with one attached hydrogen (secondary N) is 2. The number of benzene rings is 1. The number of aromatic nitrogens is 1. The average molecular weight is 458 g/mol. The molecule has 1 aromatic carbocycles. The predicted octanol–water partition coefficient (Wildman–Crippen LogP) is 3.19. The highest BCUT2D eigenvalue weighted by molar-refractivity contribution is 5.96. The van der Waals surface area contributed by atoms with Crippen LogP contribution in [0.3, 0.4) is 0 Å². The summed E-state index contributed by atoms with van der Waals surface area (Å²) in [6, 6.07) is 5.83. The van der Waals surface area contributed by atoms with Gasteiger partial charge < -0.3 is 15.2 Å². The van der Waals surface area contributed by atoms with Gasteiger partial charge >= 0.3 is 6.03 Å². The lowest BCUT2D eigenvalue weighted by Gasteiger charge is -2.47. The van der Waals surface area contributed by atoms with Crippen LogP contribution in [0.2, 0.25) is 0 Å². The first-order chi connectivity index (χ1) is 18.4. The van der Waals surface area contributed by atoms with Gasteiger partial charge in [0.1, 0.15) is 0 Å². The van der Waals surface area contributed by atoms with Crippen molar-refractivity contribution in [1.29, 1.82) is 0 Å². The van der Waals surface area contributed by atoms with Crippen molar-refractivity contribution < 1.29 is 17.8 Å². The molecule has 7 heteroatoms. The number of likely N-dealkylation sites (tertiary alicyclic amines) is 1. The highest BCUT2D eigenvalue weighted by Crippen LogP contribution is 2.45. The Hall–Kier alpha value is -2.64. The van der Waals surface area contributed by atoms with Crippen LogP contribution < -0.4 is 5.32 Å². The normalized spacial score (nSPS) is 25.7. The second kappa shape index (κ2) is 10.1. The topological polar surface area (TPSA) is 71.7 Å². The van der Waals surface area contributed by atoms with Gasteiger partial charge in [-0.05, 0) is 63.9 Å². The third kappa shape index (κ3) is 4.70. The summed E-state index contributed by atoms with van der Waals surface area (Å²) in [5.41, 5.74) is 3.53. The van der Waals surface area contributed by atoms with E-state index in [0.717, 1.165) is 16.8 Å². The van der Waals surface area contributed by atoms with Crippen molar-refractivity contribution >= 4 is 22.8 Å². The summed E-state index contributed by atoms with van der Waals surface area (Å²) in [5.74, 6) is -0.710. The number of rotatable bonds is 8. The quantitative estimate of drug-likeness (QED) is 0.597. The van der Waals surface area contributed by atoms with Gasteiger partial charge in [0.15, 0.2) is 0 Å². The summed E-state index contributed by atoms with van der Waals surface area (Å²) >= 11 is 0. The Morgan fingerprint density at radius 2 is 2.21 bits per heavy atom. The van der Waals surface area contributed by atoms with Crippen LogP contribution >= 0.6 is 0 Å². The number of carbonyl (C=O) groups is 2. The maximum atomic E-state index is 13.9. The lowest BCUT2D eigenvalue weighted by Crippen LogP contribution is -2.55. The van der Waals surface area contributed by atoms with E-state index >= 15 is 0 Å². The van der Waals surface area contributed by atoms with Crippen molar-refractivity contribution in [1.82, 2.24) is 25.0 Å². The minimum Gasteiger partial charge on any atom is -0.361 e. The highest BCUT2D eigenvalue weighted by Gasteiger charge is 2.43. The molecule has 2 heterocycles. The van der Waals surface area contributed by atoms with Gasteiger partial charge in [-0.2, -0.15) is 0 Å². The smallest absolute Gasteiger partial charge is 0.324 e. The van der Waals surface area contributed by atoms with Crippen LogP contribution in [0.1, 0.15) is 45.0 Å². The molecule has 1 saturated heterocycles. The number of hydrogen-bond donors (Lipinski definition) is 2. The van der Waals surface area contributed by atoms with Gasteiger partial charge in [0.25, 0.3) is 0 Å². The summed E-state index contributed by atoms with van der Waals surface area (Å²) in [4.78, 5) is 34.1. The highest BCUT2D eigenvalue weighted by atomic mass is 16.2. The zero-order chi connectivity index (χ0) is 28.5. The molecule has 0 unspecified atom stereocenters. The number of urea groups is 1. The molecule has 1 fully saturated rings. The van der Waals surface area contributed by atoms with Crippen molar-refractivity contribution in [3.8, 4) is 0 Å². The summed E-state index contributed by atoms with van der Waals surface area (Å²) in [6.45, 7) is 1.00. The van der Waals surface area contributed by atoms with Crippen LogP contribution in [0.5, 0.6) is 0 Å². The van der Waals surface area contributed by atoms with Crippen molar-refractivity contribution in [2.45, 2.75) is 38.1 Å². The molecule has 2 aliphatic rings. The molecule has 33 heavy (non-hydrogen) atoms. The van der Waals surface area contributed by atoms with E-state index in [2.05, 4.69) is 34.0 Å². The molecule has 0 spiro atoms. The Morgan fingerprint density at radius 1 is 1.36 bits per heavy atom. The van der Waals surface area contributed by atoms with Crippen molar-refractivity contribution in [2.75, 3.05) is 46.7 Å². The molecule has 2 N–H and O–H groups in total. The van der Waals surface area contributed by atoms with Crippen LogP contribution in [-0.2, 0) is 11.2 Å². The molecular formula is C26H37N5O2. The molecule has 3 atom stereocenters. The minimum atomic E-state index is -2.82. The first-order valence-corrected chi connectivity index (χ1v) is 11.7. The van der Waals surface area contributed by atoms with E-state index in [-0.39, 0.29) is 37.4 Å². The number of H-pyrrole nitrogens is 1. The fourth-order valence-corrected chi connectivity index (χ4v) is 5.52. The number of hydrogen-bond acceptors (Lipinski definition) is 4. The predicted molar refractivity (Wildman–Crippen MR) is 132 cm³/mol. The molecule has 1 aromatic heterocycles. The standard InChI is InChI=1S/C26H37N5O2/c1-5-11-30-17-19(25(32)31(26(33)27-6-2)13-8-12-29(3)4)14-21-20-9-7-10-22-24(20)18(16-28-22)15-23(21)30/h5,7,9-10,16,19,21,23,28H,1,6,8,11-15,17H2,2-4H3,(H,27,33)/t19-,21-,23-/m1/s1/i3D3,4D3. The van der Waals surface area contributed by atoms with Crippen molar-refractivity contribution in [2.24, 2.45) is 5.92 Å². The van der Waals surface area contributed by atoms with E-state index in [1.54, 1.807) is 6.92 Å². The summed E-state index contributed by atoms with van der Waals surface area (Å²) in [5, 5.41) is 3.89. The third-order valence-corrected chi connectivity index (χ3v) is 6.89. The van der Waals surface area contributed by atoms with Crippen LogP contribution in [0.15, 0.2) is 37.1 Å². The molecule has 0 bridgehead atoms. The van der Waals surface area contributed by atoms with E-state index in [0.29, 0.717) is 31.0 Å². The Labute approximate surface area is 205 Å². The SMILES string of the molecule is [2H]C([2H])([2H])N(CCCN(C(=O)NCC)C(=O)[C@@H]1C[C@@H]2c3cccc4[nH]cc(c34)C[C@H]2N(CC=C)C1)C([2H])([2H])[2H]. The Kier molecular flexibility index (Phi) is 5.17. The third-order valence-electron chi connectivity index (χ3n) is 6.89. The van der Waals surface area contributed by atoms with E-state index in [9.17, 15) is 9.59 Å². The van der Waals surface area contributed by atoms with Crippen LogP contribution in [0, 0.1) is 5.92 Å². The molecular weight excluding hydrogens is 414 g/mol.